The highest BCUT2D eigenvalue weighted by atomic mass is 32.2. The Balaban J connectivity index is 1.92. The van der Waals surface area contributed by atoms with Crippen molar-refractivity contribution in [2.24, 2.45) is 0 Å². The molecule has 0 spiro atoms. The highest BCUT2D eigenvalue weighted by molar-refractivity contribution is 8.17. The van der Waals surface area contributed by atoms with Crippen LogP contribution in [-0.4, -0.2) is 46.6 Å². The lowest BCUT2D eigenvalue weighted by Gasteiger charge is -2.39. The average Bonchev–Trinajstić information content (AvgIpc) is 2.71. The van der Waals surface area contributed by atoms with Crippen LogP contribution in [0.15, 0.2) is 38.4 Å². The van der Waals surface area contributed by atoms with E-state index < -0.39 is 41.8 Å². The Kier molecular flexibility index (Phi) is 8.47. The molecule has 2 heterocycles. The van der Waals surface area contributed by atoms with E-state index in [1.165, 1.54) is 50.4 Å². The molecule has 10 heteroatoms. The molecular weight excluding hydrogens is 468 g/mol. The first-order chi connectivity index (χ1) is 15.7. The lowest BCUT2D eigenvalue weighted by molar-refractivity contribution is -0.180. The molecular formula is C23H26O8S2. The summed E-state index contributed by atoms with van der Waals surface area (Å²) >= 11 is 2.83. The number of fused-ring (bicyclic) bond motifs is 1. The molecule has 0 bridgehead atoms. The van der Waals surface area contributed by atoms with Crippen molar-refractivity contribution >= 4 is 52.4 Å². The van der Waals surface area contributed by atoms with Gasteiger partial charge in [0.15, 0.2) is 18.3 Å². The number of esters is 3. The van der Waals surface area contributed by atoms with Crippen LogP contribution in [0.25, 0.3) is 11.0 Å². The molecule has 1 aromatic heterocycles. The first kappa shape index (κ1) is 25.2. The van der Waals surface area contributed by atoms with Crippen molar-refractivity contribution in [3.05, 3.63) is 40.2 Å². The van der Waals surface area contributed by atoms with Gasteiger partial charge in [0, 0.05) is 42.9 Å². The van der Waals surface area contributed by atoms with Gasteiger partial charge in [-0.3, -0.25) is 14.4 Å². The van der Waals surface area contributed by atoms with E-state index in [4.69, 9.17) is 18.6 Å². The van der Waals surface area contributed by atoms with Crippen LogP contribution in [0.5, 0.6) is 0 Å². The van der Waals surface area contributed by atoms with Crippen LogP contribution >= 0.6 is 23.5 Å². The summed E-state index contributed by atoms with van der Waals surface area (Å²) in [7, 11) is 0. The second-order valence-electron chi connectivity index (χ2n) is 7.61. The van der Waals surface area contributed by atoms with Gasteiger partial charge in [0.25, 0.3) is 0 Å². The van der Waals surface area contributed by atoms with Crippen LogP contribution in [0, 0.1) is 0 Å². The van der Waals surface area contributed by atoms with Crippen LogP contribution < -0.4 is 5.63 Å². The van der Waals surface area contributed by atoms with Gasteiger partial charge in [-0.2, -0.15) is 0 Å². The van der Waals surface area contributed by atoms with E-state index in [0.29, 0.717) is 11.3 Å². The first-order valence-corrected chi connectivity index (χ1v) is 12.5. The molecule has 33 heavy (non-hydrogen) atoms. The number of thioether (sulfide) groups is 2. The Morgan fingerprint density at radius 1 is 1.03 bits per heavy atom. The molecule has 2 aromatic rings. The SMILES string of the molecule is CCCc1cc(=O)oc2cc(S[C@@H]3SC[C@@H](OC(C)=O)[C@H](OC(C)=O)[C@H]3OC(C)=O)ccc12. The zero-order valence-corrected chi connectivity index (χ0v) is 20.5. The number of aryl methyl sites for hydroxylation is 1. The summed E-state index contributed by atoms with van der Waals surface area (Å²) in [5, 5.41) is 0.876. The lowest BCUT2D eigenvalue weighted by atomic mass is 10.1. The third-order valence-corrected chi connectivity index (χ3v) is 7.72. The predicted molar refractivity (Wildman–Crippen MR) is 125 cm³/mol. The van der Waals surface area contributed by atoms with Crippen molar-refractivity contribution in [1.29, 1.82) is 0 Å². The molecule has 0 amide bonds. The number of carbonyl (C=O) groups excluding carboxylic acids is 3. The van der Waals surface area contributed by atoms with Crippen LogP contribution in [0.2, 0.25) is 0 Å². The highest BCUT2D eigenvalue weighted by Gasteiger charge is 2.46. The fourth-order valence-electron chi connectivity index (χ4n) is 3.70. The van der Waals surface area contributed by atoms with Crippen molar-refractivity contribution < 1.29 is 33.0 Å². The summed E-state index contributed by atoms with van der Waals surface area (Å²) in [5.41, 5.74) is 1.01. The Hall–Kier alpha value is -2.46. The lowest BCUT2D eigenvalue weighted by Crippen LogP contribution is -2.53. The summed E-state index contributed by atoms with van der Waals surface area (Å²) in [6.45, 7) is 5.83. The van der Waals surface area contributed by atoms with Gasteiger partial charge in [-0.15, -0.1) is 23.5 Å². The largest absolute Gasteiger partial charge is 0.458 e. The summed E-state index contributed by atoms with van der Waals surface area (Å²) < 4.78 is 21.4. The quantitative estimate of drug-likeness (QED) is 0.321. The van der Waals surface area contributed by atoms with E-state index in [-0.39, 0.29) is 4.58 Å². The fraction of sp³-hybridized carbons (Fsp3) is 0.478. The third kappa shape index (κ3) is 6.54. The molecule has 0 unspecified atom stereocenters. The summed E-state index contributed by atoms with van der Waals surface area (Å²) in [6, 6.07) is 7.12. The standard InChI is InChI=1S/C23H26O8S2/c1-5-6-15-9-20(27)31-18-10-16(7-8-17(15)18)33-23-22(30-14(4)26)21(29-13(3)25)19(11-32-23)28-12(2)24/h7-10,19,21-23H,5-6,11H2,1-4H3/t19-,21+,22-,23+/m1/s1. The molecule has 178 valence electrons. The van der Waals surface area contributed by atoms with Crippen molar-refractivity contribution in [3.8, 4) is 0 Å². The zero-order chi connectivity index (χ0) is 24.1. The number of hydrogen-bond donors (Lipinski definition) is 0. The molecule has 4 atom stereocenters. The van der Waals surface area contributed by atoms with E-state index in [2.05, 4.69) is 0 Å². The summed E-state index contributed by atoms with van der Waals surface area (Å²) in [6.07, 6.45) is -0.872. The van der Waals surface area contributed by atoms with Crippen molar-refractivity contribution in [2.75, 3.05) is 5.75 Å². The molecule has 0 N–H and O–H groups in total. The van der Waals surface area contributed by atoms with E-state index in [0.717, 1.165) is 28.7 Å². The first-order valence-electron chi connectivity index (χ1n) is 10.5. The van der Waals surface area contributed by atoms with Gasteiger partial charge >= 0.3 is 23.5 Å². The molecule has 1 aromatic carbocycles. The van der Waals surface area contributed by atoms with E-state index in [1.807, 2.05) is 19.1 Å². The highest BCUT2D eigenvalue weighted by Crippen LogP contribution is 2.42. The Bertz CT molecular complexity index is 1100. The molecule has 1 saturated heterocycles. The van der Waals surface area contributed by atoms with Crippen LogP contribution in [0.3, 0.4) is 0 Å². The monoisotopic (exact) mass is 494 g/mol. The molecule has 1 aliphatic heterocycles. The predicted octanol–water partition coefficient (Wildman–Crippen LogP) is 3.71. The molecule has 8 nitrogen and oxygen atoms in total. The van der Waals surface area contributed by atoms with E-state index in [1.54, 1.807) is 6.07 Å². The fourth-order valence-corrected chi connectivity index (χ4v) is 6.52. The van der Waals surface area contributed by atoms with Crippen molar-refractivity contribution in [1.82, 2.24) is 0 Å². The molecule has 3 rings (SSSR count). The number of carbonyl (C=O) groups is 3. The maximum absolute atomic E-state index is 12.0. The summed E-state index contributed by atoms with van der Waals surface area (Å²) in [4.78, 5) is 47.9. The van der Waals surface area contributed by atoms with Crippen molar-refractivity contribution in [2.45, 2.75) is 68.3 Å². The number of benzene rings is 1. The average molecular weight is 495 g/mol. The van der Waals surface area contributed by atoms with Gasteiger partial charge in [-0.25, -0.2) is 4.79 Å². The number of rotatable bonds is 7. The van der Waals surface area contributed by atoms with Crippen LogP contribution in [0.1, 0.15) is 39.7 Å². The Morgan fingerprint density at radius 3 is 2.33 bits per heavy atom. The molecule has 0 radical (unpaired) electrons. The van der Waals surface area contributed by atoms with Crippen LogP contribution in [0.4, 0.5) is 0 Å². The Labute approximate surface area is 199 Å². The maximum atomic E-state index is 12.0. The minimum atomic E-state index is -0.941. The normalized spacial score (nSPS) is 22.5. The van der Waals surface area contributed by atoms with Gasteiger partial charge < -0.3 is 18.6 Å². The molecule has 0 saturated carbocycles. The molecule has 0 aliphatic carbocycles. The van der Waals surface area contributed by atoms with Crippen LogP contribution in [-0.2, 0) is 35.0 Å². The second-order valence-corrected chi connectivity index (χ2v) is 10.3. The molecule has 1 fully saturated rings. The topological polar surface area (TPSA) is 109 Å². The van der Waals surface area contributed by atoms with Gasteiger partial charge in [0.05, 0.1) is 4.58 Å². The second kappa shape index (κ2) is 11.1. The van der Waals surface area contributed by atoms with Gasteiger partial charge in [0.1, 0.15) is 5.58 Å². The minimum absolute atomic E-state index is 0.354. The van der Waals surface area contributed by atoms with E-state index >= 15 is 0 Å². The van der Waals surface area contributed by atoms with Gasteiger partial charge in [0.2, 0.25) is 0 Å². The molecule has 1 aliphatic rings. The van der Waals surface area contributed by atoms with Gasteiger partial charge in [-0.1, -0.05) is 13.3 Å². The number of hydrogen-bond acceptors (Lipinski definition) is 10. The smallest absolute Gasteiger partial charge is 0.336 e. The maximum Gasteiger partial charge on any atom is 0.336 e. The summed E-state index contributed by atoms with van der Waals surface area (Å²) in [5.74, 6) is -1.27. The third-order valence-electron chi connectivity index (χ3n) is 4.88. The number of ether oxygens (including phenoxy) is 3. The van der Waals surface area contributed by atoms with Gasteiger partial charge in [-0.05, 0) is 30.2 Å². The Morgan fingerprint density at radius 2 is 1.70 bits per heavy atom. The van der Waals surface area contributed by atoms with Crippen molar-refractivity contribution in [3.63, 3.8) is 0 Å². The zero-order valence-electron chi connectivity index (χ0n) is 18.8. The van der Waals surface area contributed by atoms with E-state index in [9.17, 15) is 19.2 Å². The minimum Gasteiger partial charge on any atom is -0.458 e.